The SMILES string of the molecule is Cc1ccc2c(c1)C1(c3ccccc3-c3ccccc31)c1cc(N(c3ccc(-c4ccc5c(c4)sc4ccccc45)cc3)c3ccc4c(c3)C(C)(C)c3ccccc3-4)cc(C)c1-2. The Bertz CT molecular complexity index is 3480. The van der Waals surface area contributed by atoms with Crippen LogP contribution in [0.4, 0.5) is 17.1 Å². The number of fused-ring (bicyclic) bond motifs is 16. The molecule has 1 heterocycles. The van der Waals surface area contributed by atoms with Gasteiger partial charge in [0.1, 0.15) is 0 Å². The van der Waals surface area contributed by atoms with E-state index in [9.17, 15) is 0 Å². The molecule has 62 heavy (non-hydrogen) atoms. The maximum Gasteiger partial charge on any atom is 0.0726 e. The van der Waals surface area contributed by atoms with Crippen molar-refractivity contribution in [1.82, 2.24) is 0 Å². The smallest absolute Gasteiger partial charge is 0.0726 e. The standard InChI is InChI=1S/C60H43NS/c1-36-21-28-49-54(31-36)60(51-18-10-6-14-44(51)45-15-7-11-19-52(45)60)55-35-42(32-37(2)58(49)55)61(41-27-30-46-43-13-5-9-17-50(43)59(3,4)53(46)34-41)40-25-22-38(23-26-40)39-24-29-48-47-16-8-12-20-56(47)62-57(48)33-39/h5-35H,1-4H3. The minimum absolute atomic E-state index is 0.128. The van der Waals surface area contributed by atoms with E-state index in [1.54, 1.807) is 0 Å². The second-order valence-corrected chi connectivity index (χ2v) is 19.3. The Hall–Kier alpha value is -7.00. The van der Waals surface area contributed by atoms with E-state index in [4.69, 9.17) is 0 Å². The quantitative estimate of drug-likeness (QED) is 0.171. The molecule has 10 aromatic rings. The third-order valence-corrected chi connectivity index (χ3v) is 15.6. The van der Waals surface area contributed by atoms with E-state index in [0.29, 0.717) is 0 Å². The lowest BCUT2D eigenvalue weighted by Gasteiger charge is -2.33. The van der Waals surface area contributed by atoms with Gasteiger partial charge < -0.3 is 4.90 Å². The van der Waals surface area contributed by atoms with Gasteiger partial charge >= 0.3 is 0 Å². The van der Waals surface area contributed by atoms with Crippen LogP contribution in [0.1, 0.15) is 58.4 Å². The molecular weight excluding hydrogens is 767 g/mol. The van der Waals surface area contributed by atoms with Crippen molar-refractivity contribution in [3.63, 3.8) is 0 Å². The lowest BCUT2D eigenvalue weighted by atomic mass is 9.70. The van der Waals surface area contributed by atoms with E-state index in [0.717, 1.165) is 11.4 Å². The fourth-order valence-corrected chi connectivity index (χ4v) is 12.8. The van der Waals surface area contributed by atoms with Crippen LogP contribution in [0, 0.1) is 13.8 Å². The average molecular weight is 810 g/mol. The highest BCUT2D eigenvalue weighted by Crippen LogP contribution is 2.64. The molecule has 0 aliphatic heterocycles. The Morgan fingerprint density at radius 3 is 1.73 bits per heavy atom. The summed E-state index contributed by atoms with van der Waals surface area (Å²) in [6.45, 7) is 9.32. The van der Waals surface area contributed by atoms with Gasteiger partial charge in [-0.15, -0.1) is 11.3 Å². The van der Waals surface area contributed by atoms with Crippen LogP contribution in [0.2, 0.25) is 0 Å². The first-order valence-corrected chi connectivity index (χ1v) is 22.6. The van der Waals surface area contributed by atoms with Crippen molar-refractivity contribution in [2.45, 2.75) is 38.5 Å². The number of thiophene rings is 1. The first-order chi connectivity index (χ1) is 30.3. The Morgan fingerprint density at radius 1 is 0.387 bits per heavy atom. The first kappa shape index (κ1) is 35.7. The highest BCUT2D eigenvalue weighted by Gasteiger charge is 2.52. The van der Waals surface area contributed by atoms with Crippen LogP contribution in [0.25, 0.3) is 64.7 Å². The molecule has 1 aromatic heterocycles. The summed E-state index contributed by atoms with van der Waals surface area (Å²) in [6.07, 6.45) is 0. The maximum absolute atomic E-state index is 2.53. The molecule has 294 valence electrons. The van der Waals surface area contributed by atoms with Gasteiger partial charge in [0, 0.05) is 42.6 Å². The summed E-state index contributed by atoms with van der Waals surface area (Å²) in [5.41, 5.74) is 24.2. The van der Waals surface area contributed by atoms with E-state index in [1.165, 1.54) is 115 Å². The van der Waals surface area contributed by atoms with E-state index in [1.807, 2.05) is 11.3 Å². The Morgan fingerprint density at radius 2 is 0.968 bits per heavy atom. The molecule has 13 rings (SSSR count). The first-order valence-electron chi connectivity index (χ1n) is 21.8. The van der Waals surface area contributed by atoms with E-state index >= 15 is 0 Å². The van der Waals surface area contributed by atoms with Gasteiger partial charge in [0.05, 0.1) is 5.41 Å². The van der Waals surface area contributed by atoms with Crippen LogP contribution in [0.3, 0.4) is 0 Å². The average Bonchev–Trinajstić information content (AvgIpc) is 3.98. The molecular formula is C60H43NS. The molecule has 3 aliphatic carbocycles. The molecule has 2 heteroatoms. The zero-order valence-electron chi connectivity index (χ0n) is 35.3. The molecule has 1 spiro atoms. The normalized spacial score (nSPS) is 14.4. The predicted molar refractivity (Wildman–Crippen MR) is 263 cm³/mol. The second-order valence-electron chi connectivity index (χ2n) is 18.2. The summed E-state index contributed by atoms with van der Waals surface area (Å²) >= 11 is 1.88. The number of aryl methyl sites for hydroxylation is 2. The zero-order valence-corrected chi connectivity index (χ0v) is 36.1. The molecule has 0 unspecified atom stereocenters. The van der Waals surface area contributed by atoms with Crippen molar-refractivity contribution in [3.05, 3.63) is 233 Å². The predicted octanol–water partition coefficient (Wildman–Crippen LogP) is 16.5. The van der Waals surface area contributed by atoms with Crippen LogP contribution in [-0.2, 0) is 10.8 Å². The van der Waals surface area contributed by atoms with Crippen molar-refractivity contribution in [2.75, 3.05) is 4.90 Å². The molecule has 0 bridgehead atoms. The monoisotopic (exact) mass is 809 g/mol. The van der Waals surface area contributed by atoms with Gasteiger partial charge in [-0.2, -0.15) is 0 Å². The largest absolute Gasteiger partial charge is 0.310 e. The summed E-state index contributed by atoms with van der Waals surface area (Å²) < 4.78 is 2.66. The lowest BCUT2D eigenvalue weighted by molar-refractivity contribution is 0.660. The van der Waals surface area contributed by atoms with E-state index in [-0.39, 0.29) is 5.41 Å². The van der Waals surface area contributed by atoms with Gasteiger partial charge in [-0.25, -0.2) is 0 Å². The molecule has 0 saturated carbocycles. The summed E-state index contributed by atoms with van der Waals surface area (Å²) in [4.78, 5) is 2.51. The van der Waals surface area contributed by atoms with Gasteiger partial charge in [-0.05, 0) is 146 Å². The van der Waals surface area contributed by atoms with Gasteiger partial charge in [0.25, 0.3) is 0 Å². The van der Waals surface area contributed by atoms with Crippen LogP contribution >= 0.6 is 11.3 Å². The van der Waals surface area contributed by atoms with E-state index in [2.05, 4.69) is 221 Å². The number of anilines is 3. The summed E-state index contributed by atoms with van der Waals surface area (Å²) in [5.74, 6) is 0. The number of nitrogens with zero attached hydrogens (tertiary/aromatic N) is 1. The third kappa shape index (κ3) is 4.73. The molecule has 0 atom stereocenters. The lowest BCUT2D eigenvalue weighted by Crippen LogP contribution is -2.26. The van der Waals surface area contributed by atoms with Gasteiger partial charge in [0.15, 0.2) is 0 Å². The summed E-state index contributed by atoms with van der Waals surface area (Å²) in [7, 11) is 0. The second kappa shape index (κ2) is 12.8. The third-order valence-electron chi connectivity index (χ3n) is 14.4. The van der Waals surface area contributed by atoms with Crippen molar-refractivity contribution >= 4 is 48.6 Å². The minimum Gasteiger partial charge on any atom is -0.310 e. The van der Waals surface area contributed by atoms with Crippen molar-refractivity contribution < 1.29 is 0 Å². The molecule has 1 nitrogen and oxygen atoms in total. The fraction of sp³-hybridized carbons (Fsp3) is 0.100. The van der Waals surface area contributed by atoms with Crippen LogP contribution in [0.5, 0.6) is 0 Å². The fourth-order valence-electron chi connectivity index (χ4n) is 11.7. The Kier molecular flexibility index (Phi) is 7.36. The van der Waals surface area contributed by atoms with Crippen LogP contribution in [-0.4, -0.2) is 0 Å². The van der Waals surface area contributed by atoms with E-state index < -0.39 is 5.41 Å². The minimum atomic E-state index is -0.438. The Balaban J connectivity index is 1.03. The molecule has 0 saturated heterocycles. The molecule has 0 amide bonds. The molecule has 9 aromatic carbocycles. The maximum atomic E-state index is 2.53. The zero-order chi connectivity index (χ0) is 41.5. The Labute approximate surface area is 367 Å². The molecule has 3 aliphatic rings. The number of rotatable bonds is 4. The van der Waals surface area contributed by atoms with Crippen molar-refractivity contribution in [1.29, 1.82) is 0 Å². The number of hydrogen-bond donors (Lipinski definition) is 0. The van der Waals surface area contributed by atoms with Crippen LogP contribution < -0.4 is 4.90 Å². The van der Waals surface area contributed by atoms with Gasteiger partial charge in [-0.3, -0.25) is 0 Å². The summed E-state index contributed by atoms with van der Waals surface area (Å²) in [6, 6.07) is 71.5. The molecule has 0 fully saturated rings. The van der Waals surface area contributed by atoms with Crippen molar-refractivity contribution in [2.24, 2.45) is 0 Å². The highest BCUT2D eigenvalue weighted by atomic mass is 32.1. The van der Waals surface area contributed by atoms with Crippen LogP contribution in [0.15, 0.2) is 188 Å². The van der Waals surface area contributed by atoms with Gasteiger partial charge in [0.2, 0.25) is 0 Å². The highest BCUT2D eigenvalue weighted by molar-refractivity contribution is 7.25. The topological polar surface area (TPSA) is 3.24 Å². The number of benzene rings is 9. The summed E-state index contributed by atoms with van der Waals surface area (Å²) in [5, 5.41) is 2.66. The molecule has 0 N–H and O–H groups in total. The van der Waals surface area contributed by atoms with Crippen molar-refractivity contribution in [3.8, 4) is 44.5 Å². The molecule has 0 radical (unpaired) electrons. The number of hydrogen-bond acceptors (Lipinski definition) is 2. The van der Waals surface area contributed by atoms with Gasteiger partial charge in [-0.1, -0.05) is 159 Å².